The van der Waals surface area contributed by atoms with Gasteiger partial charge in [-0.25, -0.2) is 0 Å². The molecule has 1 heterocycles. The molecule has 94 valence electrons. The first kappa shape index (κ1) is 12.7. The molecule has 1 aliphatic heterocycles. The zero-order chi connectivity index (χ0) is 12.3. The molecule has 17 heavy (non-hydrogen) atoms. The molecule has 1 atom stereocenters. The van der Waals surface area contributed by atoms with Gasteiger partial charge < -0.3 is 14.8 Å². The molecular formula is C13H18ClNO2. The molecule has 4 heteroatoms. The summed E-state index contributed by atoms with van der Waals surface area (Å²) in [5, 5.41) is 4.13. The van der Waals surface area contributed by atoms with Crippen LogP contribution >= 0.6 is 11.6 Å². The molecule has 0 aromatic heterocycles. The van der Waals surface area contributed by atoms with Crippen LogP contribution in [0.5, 0.6) is 5.75 Å². The van der Waals surface area contributed by atoms with Gasteiger partial charge in [-0.1, -0.05) is 23.7 Å². The number of rotatable bonds is 3. The zero-order valence-corrected chi connectivity index (χ0v) is 11.0. The normalized spacial score (nSPS) is 23.4. The Morgan fingerprint density at radius 1 is 1.47 bits per heavy atom. The molecule has 3 nitrogen and oxygen atoms in total. The molecule has 1 unspecified atom stereocenters. The Balaban J connectivity index is 1.88. The highest BCUT2D eigenvalue weighted by molar-refractivity contribution is 6.32. The van der Waals surface area contributed by atoms with Crippen molar-refractivity contribution in [1.82, 2.24) is 5.32 Å². The van der Waals surface area contributed by atoms with Crippen molar-refractivity contribution < 1.29 is 9.47 Å². The van der Waals surface area contributed by atoms with Gasteiger partial charge in [-0.2, -0.15) is 0 Å². The number of hydrogen-bond acceptors (Lipinski definition) is 3. The van der Waals surface area contributed by atoms with E-state index in [1.165, 1.54) is 0 Å². The van der Waals surface area contributed by atoms with Crippen molar-refractivity contribution in [1.29, 1.82) is 0 Å². The van der Waals surface area contributed by atoms with E-state index in [-0.39, 0.29) is 11.6 Å². The molecule has 1 fully saturated rings. The van der Waals surface area contributed by atoms with Crippen LogP contribution in [-0.2, 0) is 4.74 Å². The highest BCUT2D eigenvalue weighted by Gasteiger charge is 2.27. The molecular weight excluding hydrogens is 238 g/mol. The Kier molecular flexibility index (Phi) is 3.92. The number of para-hydroxylation sites is 1. The molecule has 0 spiro atoms. The Hall–Kier alpha value is -0.770. The van der Waals surface area contributed by atoms with Crippen LogP contribution in [0, 0.1) is 0 Å². The fraction of sp³-hybridized carbons (Fsp3) is 0.538. The molecule has 2 rings (SSSR count). The number of halogens is 1. The zero-order valence-electron chi connectivity index (χ0n) is 10.2. The van der Waals surface area contributed by atoms with Gasteiger partial charge in [0.05, 0.1) is 24.3 Å². The van der Waals surface area contributed by atoms with Crippen LogP contribution in [0.1, 0.15) is 13.8 Å². The Morgan fingerprint density at radius 2 is 2.24 bits per heavy atom. The highest BCUT2D eigenvalue weighted by atomic mass is 35.5. The minimum absolute atomic E-state index is 0.00671. The second kappa shape index (κ2) is 5.25. The second-order valence-corrected chi connectivity index (χ2v) is 5.39. The van der Waals surface area contributed by atoms with Crippen LogP contribution in [0.15, 0.2) is 24.3 Å². The number of morpholine rings is 1. The predicted octanol–water partition coefficient (Wildman–Crippen LogP) is 2.49. The van der Waals surface area contributed by atoms with E-state index in [0.29, 0.717) is 18.2 Å². The lowest BCUT2D eigenvalue weighted by Crippen LogP contribution is -2.57. The summed E-state index contributed by atoms with van der Waals surface area (Å²) in [5.41, 5.74) is 0.00671. The molecule has 0 radical (unpaired) electrons. The standard InChI is InChI=1S/C13H18ClNO2/c1-13(2)9-16-7-10(15-13)8-17-12-6-4-3-5-11(12)14/h3-6,10,15H,7-9H2,1-2H3. The molecule has 1 aliphatic rings. The smallest absolute Gasteiger partial charge is 0.137 e. The van der Waals surface area contributed by atoms with Crippen LogP contribution < -0.4 is 10.1 Å². The van der Waals surface area contributed by atoms with Crippen molar-refractivity contribution in [3.05, 3.63) is 29.3 Å². The molecule has 1 saturated heterocycles. The Bertz CT molecular complexity index is 381. The maximum atomic E-state index is 6.02. The third-order valence-corrected chi connectivity index (χ3v) is 2.97. The van der Waals surface area contributed by atoms with Crippen molar-refractivity contribution >= 4 is 11.6 Å². The highest BCUT2D eigenvalue weighted by Crippen LogP contribution is 2.23. The minimum atomic E-state index is 0.00671. The quantitative estimate of drug-likeness (QED) is 0.900. The average Bonchev–Trinajstić information content (AvgIpc) is 2.27. The molecule has 0 saturated carbocycles. The van der Waals surface area contributed by atoms with Gasteiger partial charge in [0.2, 0.25) is 0 Å². The lowest BCUT2D eigenvalue weighted by molar-refractivity contribution is 0.000958. The summed E-state index contributed by atoms with van der Waals surface area (Å²) in [7, 11) is 0. The lowest BCUT2D eigenvalue weighted by Gasteiger charge is -2.36. The van der Waals surface area contributed by atoms with Gasteiger partial charge in [0, 0.05) is 5.54 Å². The number of benzene rings is 1. The third-order valence-electron chi connectivity index (χ3n) is 2.65. The first-order valence-electron chi connectivity index (χ1n) is 5.80. The van der Waals surface area contributed by atoms with Gasteiger partial charge in [0.15, 0.2) is 0 Å². The first-order chi connectivity index (χ1) is 8.07. The van der Waals surface area contributed by atoms with Gasteiger partial charge in [-0.3, -0.25) is 0 Å². The largest absolute Gasteiger partial charge is 0.490 e. The van der Waals surface area contributed by atoms with E-state index in [2.05, 4.69) is 19.2 Å². The van der Waals surface area contributed by atoms with Gasteiger partial charge in [0.25, 0.3) is 0 Å². The maximum absolute atomic E-state index is 6.02. The third kappa shape index (κ3) is 3.60. The summed E-state index contributed by atoms with van der Waals surface area (Å²) >= 11 is 6.02. The fourth-order valence-corrected chi connectivity index (χ4v) is 2.12. The van der Waals surface area contributed by atoms with Crippen LogP contribution in [0.3, 0.4) is 0 Å². The number of nitrogens with one attached hydrogen (secondary N) is 1. The van der Waals surface area contributed by atoms with Gasteiger partial charge >= 0.3 is 0 Å². The van der Waals surface area contributed by atoms with Crippen LogP contribution in [0.2, 0.25) is 5.02 Å². The van der Waals surface area contributed by atoms with Crippen molar-refractivity contribution in [2.75, 3.05) is 19.8 Å². The number of hydrogen-bond donors (Lipinski definition) is 1. The van der Waals surface area contributed by atoms with Gasteiger partial charge in [0.1, 0.15) is 12.4 Å². The Labute approximate surface area is 107 Å². The summed E-state index contributed by atoms with van der Waals surface area (Å²) in [6.45, 7) is 6.21. The summed E-state index contributed by atoms with van der Waals surface area (Å²) < 4.78 is 11.2. The maximum Gasteiger partial charge on any atom is 0.137 e. The lowest BCUT2D eigenvalue weighted by atomic mass is 10.0. The van der Waals surface area contributed by atoms with E-state index in [9.17, 15) is 0 Å². The monoisotopic (exact) mass is 255 g/mol. The minimum Gasteiger partial charge on any atom is -0.490 e. The fourth-order valence-electron chi connectivity index (χ4n) is 1.93. The van der Waals surface area contributed by atoms with Gasteiger partial charge in [-0.05, 0) is 26.0 Å². The van der Waals surface area contributed by atoms with E-state index < -0.39 is 0 Å². The van der Waals surface area contributed by atoms with Crippen LogP contribution in [-0.4, -0.2) is 31.4 Å². The topological polar surface area (TPSA) is 30.5 Å². The van der Waals surface area contributed by atoms with E-state index in [1.807, 2.05) is 24.3 Å². The summed E-state index contributed by atoms with van der Waals surface area (Å²) in [6, 6.07) is 7.70. The van der Waals surface area contributed by atoms with Crippen molar-refractivity contribution in [2.45, 2.75) is 25.4 Å². The molecule has 0 aliphatic carbocycles. The van der Waals surface area contributed by atoms with Crippen LogP contribution in [0.4, 0.5) is 0 Å². The SMILES string of the molecule is CC1(C)COCC(COc2ccccc2Cl)N1. The first-order valence-corrected chi connectivity index (χ1v) is 6.17. The van der Waals surface area contributed by atoms with E-state index >= 15 is 0 Å². The summed E-state index contributed by atoms with van der Waals surface area (Å²) in [6.07, 6.45) is 0. The van der Waals surface area contributed by atoms with E-state index in [1.54, 1.807) is 0 Å². The second-order valence-electron chi connectivity index (χ2n) is 4.98. The summed E-state index contributed by atoms with van der Waals surface area (Å²) in [4.78, 5) is 0. The molecule has 1 aromatic rings. The molecule has 1 N–H and O–H groups in total. The average molecular weight is 256 g/mol. The molecule has 1 aromatic carbocycles. The van der Waals surface area contributed by atoms with E-state index in [4.69, 9.17) is 21.1 Å². The van der Waals surface area contributed by atoms with Crippen molar-refractivity contribution in [2.24, 2.45) is 0 Å². The molecule has 0 bridgehead atoms. The Morgan fingerprint density at radius 3 is 2.94 bits per heavy atom. The van der Waals surface area contributed by atoms with Crippen molar-refractivity contribution in [3.63, 3.8) is 0 Å². The molecule has 0 amide bonds. The van der Waals surface area contributed by atoms with E-state index in [0.717, 1.165) is 12.4 Å². The van der Waals surface area contributed by atoms with Crippen LogP contribution in [0.25, 0.3) is 0 Å². The summed E-state index contributed by atoms with van der Waals surface area (Å²) in [5.74, 6) is 0.722. The predicted molar refractivity (Wildman–Crippen MR) is 68.8 cm³/mol. The van der Waals surface area contributed by atoms with Crippen molar-refractivity contribution in [3.8, 4) is 5.75 Å². The number of ether oxygens (including phenoxy) is 2. The van der Waals surface area contributed by atoms with Gasteiger partial charge in [-0.15, -0.1) is 0 Å².